The molecule has 2 atom stereocenters. The highest BCUT2D eigenvalue weighted by Gasteiger charge is 2.41. The van der Waals surface area contributed by atoms with Crippen molar-refractivity contribution in [3.63, 3.8) is 0 Å². The van der Waals surface area contributed by atoms with E-state index in [0.29, 0.717) is 39.7 Å². The summed E-state index contributed by atoms with van der Waals surface area (Å²) in [6, 6.07) is 11.1. The van der Waals surface area contributed by atoms with Crippen molar-refractivity contribution in [1.82, 2.24) is 5.32 Å². The number of esters is 1. The van der Waals surface area contributed by atoms with Gasteiger partial charge in [-0.25, -0.2) is 4.79 Å². The van der Waals surface area contributed by atoms with Gasteiger partial charge in [0, 0.05) is 29.3 Å². The maximum Gasteiger partial charge on any atom is 0.336 e. The zero-order valence-electron chi connectivity index (χ0n) is 20.1. The number of carbonyl (C=O) groups is 2. The van der Waals surface area contributed by atoms with Gasteiger partial charge < -0.3 is 24.6 Å². The number of rotatable bonds is 6. The molecule has 0 saturated carbocycles. The Kier molecular flexibility index (Phi) is 7.21. The molecule has 184 valence electrons. The lowest BCUT2D eigenvalue weighted by molar-refractivity contribution is -0.138. The average Bonchev–Trinajstić information content (AvgIpc) is 2.84. The molecule has 2 aromatic carbocycles. The molecule has 1 aliphatic carbocycles. The molecule has 4 rings (SSSR count). The van der Waals surface area contributed by atoms with Gasteiger partial charge in [0.25, 0.3) is 0 Å². The highest BCUT2D eigenvalue weighted by atomic mass is 79.9. The van der Waals surface area contributed by atoms with Gasteiger partial charge in [-0.1, -0.05) is 12.1 Å². The lowest BCUT2D eigenvalue weighted by Crippen LogP contribution is -2.36. The second kappa shape index (κ2) is 10.2. The summed E-state index contributed by atoms with van der Waals surface area (Å²) >= 11 is 3.37. The number of aromatic hydroxyl groups is 1. The van der Waals surface area contributed by atoms with Gasteiger partial charge in [-0.15, -0.1) is 0 Å². The number of hydrogen-bond acceptors (Lipinski definition) is 7. The van der Waals surface area contributed by atoms with Gasteiger partial charge in [0.2, 0.25) is 0 Å². The lowest BCUT2D eigenvalue weighted by Gasteiger charge is -2.37. The Hall–Kier alpha value is -3.26. The van der Waals surface area contributed by atoms with Crippen LogP contribution in [0, 0.1) is 0 Å². The predicted molar refractivity (Wildman–Crippen MR) is 135 cm³/mol. The molecule has 0 bridgehead atoms. The van der Waals surface area contributed by atoms with Crippen LogP contribution in [0.5, 0.6) is 17.2 Å². The van der Waals surface area contributed by atoms with Crippen LogP contribution in [0.2, 0.25) is 0 Å². The molecule has 0 fully saturated rings. The monoisotopic (exact) mass is 541 g/mol. The zero-order valence-corrected chi connectivity index (χ0v) is 21.7. The smallest absolute Gasteiger partial charge is 0.336 e. The van der Waals surface area contributed by atoms with Crippen LogP contribution in [0.4, 0.5) is 0 Å². The second-order valence-corrected chi connectivity index (χ2v) is 9.42. The van der Waals surface area contributed by atoms with Crippen LogP contribution in [0.1, 0.15) is 49.7 Å². The van der Waals surface area contributed by atoms with Crippen molar-refractivity contribution in [3.05, 3.63) is 74.5 Å². The number of ether oxygens (including phenoxy) is 3. The molecule has 0 saturated heterocycles. The van der Waals surface area contributed by atoms with E-state index in [2.05, 4.69) is 21.2 Å². The molecule has 0 radical (unpaired) electrons. The van der Waals surface area contributed by atoms with E-state index in [0.717, 1.165) is 17.0 Å². The van der Waals surface area contributed by atoms with Gasteiger partial charge in [0.15, 0.2) is 17.3 Å². The minimum atomic E-state index is -0.652. The third kappa shape index (κ3) is 4.67. The van der Waals surface area contributed by atoms with Crippen molar-refractivity contribution in [3.8, 4) is 17.2 Å². The van der Waals surface area contributed by atoms with E-state index in [9.17, 15) is 14.7 Å². The second-order valence-electron chi connectivity index (χ2n) is 8.56. The first-order valence-corrected chi connectivity index (χ1v) is 12.2. The normalized spacial score (nSPS) is 19.7. The number of methoxy groups -OCH3 is 2. The van der Waals surface area contributed by atoms with Crippen LogP contribution in [-0.2, 0) is 14.3 Å². The number of halogens is 1. The summed E-state index contributed by atoms with van der Waals surface area (Å²) in [6.45, 7) is 3.77. The number of benzene rings is 2. The van der Waals surface area contributed by atoms with Crippen LogP contribution in [-0.4, -0.2) is 37.7 Å². The third-order valence-corrected chi connectivity index (χ3v) is 7.12. The van der Waals surface area contributed by atoms with E-state index >= 15 is 0 Å². The van der Waals surface area contributed by atoms with Crippen LogP contribution in [0.3, 0.4) is 0 Å². The van der Waals surface area contributed by atoms with Gasteiger partial charge in [0.1, 0.15) is 5.75 Å². The fraction of sp³-hybridized carbons (Fsp3) is 0.333. The number of ketones is 1. The Bertz CT molecular complexity index is 1230. The summed E-state index contributed by atoms with van der Waals surface area (Å²) in [5, 5.41) is 13.7. The molecule has 0 spiro atoms. The van der Waals surface area contributed by atoms with E-state index in [4.69, 9.17) is 14.2 Å². The maximum atomic E-state index is 13.7. The SMILES string of the molecule is CCOC(=O)C1=C(C)NC2=C(C(=O)CC(c3ccc(OC)cc3)C2)C1c1cc(Br)c(O)c(OC)c1. The molecule has 2 unspecified atom stereocenters. The predicted octanol–water partition coefficient (Wildman–Crippen LogP) is 5.10. The molecule has 35 heavy (non-hydrogen) atoms. The van der Waals surface area contributed by atoms with E-state index in [1.807, 2.05) is 31.2 Å². The van der Waals surface area contributed by atoms with Gasteiger partial charge in [0.05, 0.1) is 30.9 Å². The van der Waals surface area contributed by atoms with Crippen molar-refractivity contribution in [2.45, 2.75) is 38.5 Å². The van der Waals surface area contributed by atoms with E-state index in [1.165, 1.54) is 7.11 Å². The molecule has 0 amide bonds. The van der Waals surface area contributed by atoms with Crippen LogP contribution < -0.4 is 14.8 Å². The number of allylic oxidation sites excluding steroid dienone is 3. The molecular formula is C27H28BrNO6. The largest absolute Gasteiger partial charge is 0.503 e. The fourth-order valence-corrected chi connectivity index (χ4v) is 5.34. The summed E-state index contributed by atoms with van der Waals surface area (Å²) < 4.78 is 16.4. The van der Waals surface area contributed by atoms with Gasteiger partial charge in [-0.05, 0) is 77.5 Å². The molecule has 8 heteroatoms. The first kappa shape index (κ1) is 24.9. The Labute approximate surface area is 212 Å². The summed E-state index contributed by atoms with van der Waals surface area (Å²) in [7, 11) is 3.08. The van der Waals surface area contributed by atoms with Gasteiger partial charge >= 0.3 is 5.97 Å². The molecule has 0 aromatic heterocycles. The molecule has 7 nitrogen and oxygen atoms in total. The highest BCUT2D eigenvalue weighted by molar-refractivity contribution is 9.10. The summed E-state index contributed by atoms with van der Waals surface area (Å²) in [4.78, 5) is 26.7. The highest BCUT2D eigenvalue weighted by Crippen LogP contribution is 2.48. The Balaban J connectivity index is 1.82. The van der Waals surface area contributed by atoms with Crippen LogP contribution in [0.25, 0.3) is 0 Å². The first-order chi connectivity index (χ1) is 16.8. The van der Waals surface area contributed by atoms with E-state index in [1.54, 1.807) is 26.2 Å². The summed E-state index contributed by atoms with van der Waals surface area (Å²) in [6.07, 6.45) is 0.933. The third-order valence-electron chi connectivity index (χ3n) is 6.51. The minimum absolute atomic E-state index is 0.00154. The number of phenols is 1. The topological polar surface area (TPSA) is 94.1 Å². The number of Topliss-reactive ketones (excluding diaryl/α,β-unsaturated/α-hetero) is 1. The summed E-state index contributed by atoms with van der Waals surface area (Å²) in [5.41, 5.74) is 4.05. The Morgan fingerprint density at radius 1 is 1.11 bits per heavy atom. The number of dihydropyridines is 1. The lowest BCUT2D eigenvalue weighted by atomic mass is 9.71. The zero-order chi connectivity index (χ0) is 25.3. The minimum Gasteiger partial charge on any atom is -0.503 e. The quantitative estimate of drug-likeness (QED) is 0.491. The van der Waals surface area contributed by atoms with Crippen molar-refractivity contribution in [2.24, 2.45) is 0 Å². The number of phenolic OH excluding ortho intramolecular Hbond substituents is 1. The molecule has 1 aliphatic heterocycles. The standard InChI is InChI=1S/C27H28BrNO6/c1-5-35-27(32)23-14(2)29-20-11-16(15-6-8-18(33-3)9-7-15)12-21(30)25(20)24(23)17-10-19(28)26(31)22(13-17)34-4/h6-10,13,16,24,29,31H,5,11-12H2,1-4H3. The van der Waals surface area contributed by atoms with Crippen molar-refractivity contribution >= 4 is 27.7 Å². The molecule has 2 aliphatic rings. The van der Waals surface area contributed by atoms with Crippen molar-refractivity contribution in [2.75, 3.05) is 20.8 Å². The number of nitrogens with one attached hydrogen (secondary N) is 1. The fourth-order valence-electron chi connectivity index (χ4n) is 4.88. The number of hydrogen-bond donors (Lipinski definition) is 2. The maximum absolute atomic E-state index is 13.7. The Morgan fingerprint density at radius 3 is 2.46 bits per heavy atom. The van der Waals surface area contributed by atoms with Crippen LogP contribution >= 0.6 is 15.9 Å². The molecular weight excluding hydrogens is 514 g/mol. The molecule has 1 heterocycles. The van der Waals surface area contributed by atoms with Gasteiger partial charge in [-0.3, -0.25) is 4.79 Å². The van der Waals surface area contributed by atoms with Crippen LogP contribution in [0.15, 0.2) is 63.4 Å². The summed E-state index contributed by atoms with van der Waals surface area (Å²) in [5.74, 6) is -0.220. The number of carbonyl (C=O) groups excluding carboxylic acids is 2. The van der Waals surface area contributed by atoms with E-state index in [-0.39, 0.29) is 29.8 Å². The molecule has 2 N–H and O–H groups in total. The first-order valence-electron chi connectivity index (χ1n) is 11.4. The van der Waals surface area contributed by atoms with E-state index < -0.39 is 11.9 Å². The Morgan fingerprint density at radius 2 is 1.83 bits per heavy atom. The van der Waals surface area contributed by atoms with Crippen molar-refractivity contribution in [1.29, 1.82) is 0 Å². The van der Waals surface area contributed by atoms with Crippen molar-refractivity contribution < 1.29 is 28.9 Å². The average molecular weight is 542 g/mol. The van der Waals surface area contributed by atoms with Gasteiger partial charge in [-0.2, -0.15) is 0 Å². The molecule has 2 aromatic rings.